The highest BCUT2D eigenvalue weighted by molar-refractivity contribution is 5.91. The maximum Gasteiger partial charge on any atom is 0.343 e. The van der Waals surface area contributed by atoms with E-state index in [0.717, 1.165) is 11.1 Å². The second-order valence-electron chi connectivity index (χ2n) is 7.12. The molecule has 0 aliphatic rings. The summed E-state index contributed by atoms with van der Waals surface area (Å²) in [6.45, 7) is 3.69. The van der Waals surface area contributed by atoms with Gasteiger partial charge in [-0.1, -0.05) is 29.8 Å². The molecule has 0 bridgehead atoms. The highest BCUT2D eigenvalue weighted by Gasteiger charge is 2.12. The summed E-state index contributed by atoms with van der Waals surface area (Å²) in [6, 6.07) is 17.3. The summed E-state index contributed by atoms with van der Waals surface area (Å²) in [7, 11) is 0. The van der Waals surface area contributed by atoms with E-state index in [2.05, 4.69) is 10.5 Å². The number of aryl methyl sites for hydroxylation is 2. The van der Waals surface area contributed by atoms with Crippen molar-refractivity contribution in [1.82, 2.24) is 5.43 Å². The predicted octanol–water partition coefficient (Wildman–Crippen LogP) is 3.96. The van der Waals surface area contributed by atoms with E-state index >= 15 is 0 Å². The average Bonchev–Trinajstić information content (AvgIpc) is 2.79. The fraction of sp³-hybridized carbons (Fsp3) is 0.125. The van der Waals surface area contributed by atoms with Crippen molar-refractivity contribution in [3.8, 4) is 11.5 Å². The summed E-state index contributed by atoms with van der Waals surface area (Å²) in [5, 5.41) is 14.6. The number of carbonyl (C=O) groups is 2. The number of hydrogen-bond acceptors (Lipinski definition) is 7. The Kier molecular flexibility index (Phi) is 7.48. The zero-order valence-corrected chi connectivity index (χ0v) is 18.0. The van der Waals surface area contributed by atoms with Crippen LogP contribution in [0.15, 0.2) is 71.8 Å². The van der Waals surface area contributed by atoms with Gasteiger partial charge in [-0.3, -0.25) is 14.9 Å². The first kappa shape index (κ1) is 23.1. The molecule has 9 nitrogen and oxygen atoms in total. The molecule has 0 fully saturated rings. The molecule has 0 saturated heterocycles. The quantitative estimate of drug-likeness (QED) is 0.183. The number of hydrogen-bond donors (Lipinski definition) is 1. The number of nitrogens with one attached hydrogen (secondary N) is 1. The van der Waals surface area contributed by atoms with Gasteiger partial charge in [0.05, 0.1) is 16.7 Å². The van der Waals surface area contributed by atoms with Gasteiger partial charge >= 0.3 is 5.97 Å². The van der Waals surface area contributed by atoms with Crippen LogP contribution in [-0.2, 0) is 4.79 Å². The number of nitro groups is 1. The van der Waals surface area contributed by atoms with Gasteiger partial charge in [-0.15, -0.1) is 0 Å². The number of non-ortho nitro benzene ring substituents is 1. The molecule has 0 heterocycles. The normalized spacial score (nSPS) is 10.6. The summed E-state index contributed by atoms with van der Waals surface area (Å²) in [5.41, 5.74) is 5.06. The van der Waals surface area contributed by atoms with E-state index in [1.165, 1.54) is 30.5 Å². The molecule has 0 aliphatic carbocycles. The molecule has 33 heavy (non-hydrogen) atoms. The predicted molar refractivity (Wildman–Crippen MR) is 122 cm³/mol. The van der Waals surface area contributed by atoms with Gasteiger partial charge in [-0.2, -0.15) is 5.10 Å². The Morgan fingerprint density at radius 1 is 1.06 bits per heavy atom. The molecular formula is C24H21N3O6. The molecule has 0 radical (unpaired) electrons. The maximum atomic E-state index is 12.2. The summed E-state index contributed by atoms with van der Waals surface area (Å²) in [6.07, 6.45) is 1.40. The van der Waals surface area contributed by atoms with Crippen molar-refractivity contribution in [3.05, 3.63) is 99.1 Å². The fourth-order valence-electron chi connectivity index (χ4n) is 2.86. The topological polar surface area (TPSA) is 120 Å². The summed E-state index contributed by atoms with van der Waals surface area (Å²) in [4.78, 5) is 34.4. The van der Waals surface area contributed by atoms with Crippen molar-refractivity contribution < 1.29 is 24.0 Å². The van der Waals surface area contributed by atoms with Crippen LogP contribution in [0.25, 0.3) is 0 Å². The van der Waals surface area contributed by atoms with E-state index in [1.54, 1.807) is 24.3 Å². The number of carbonyl (C=O) groups excluding carboxylic acids is 2. The Balaban J connectivity index is 1.53. The number of esters is 1. The highest BCUT2D eigenvalue weighted by Crippen LogP contribution is 2.19. The van der Waals surface area contributed by atoms with Crippen LogP contribution in [0.3, 0.4) is 0 Å². The summed E-state index contributed by atoms with van der Waals surface area (Å²) in [5.74, 6) is -0.197. The second-order valence-corrected chi connectivity index (χ2v) is 7.12. The number of nitro benzene ring substituents is 1. The van der Waals surface area contributed by atoms with Gasteiger partial charge < -0.3 is 9.47 Å². The minimum absolute atomic E-state index is 0.119. The van der Waals surface area contributed by atoms with Crippen molar-refractivity contribution in [2.45, 2.75) is 13.8 Å². The van der Waals surface area contributed by atoms with E-state index in [0.29, 0.717) is 11.3 Å². The molecule has 1 amide bonds. The third-order valence-corrected chi connectivity index (χ3v) is 4.47. The first-order valence-electron chi connectivity index (χ1n) is 9.90. The SMILES string of the molecule is Cc1ccc(OCC(=O)NN=Cc2cccc(OC(=O)c3ccc([N+](=O)[O-])cc3)c2)c(C)c1. The molecule has 3 aromatic rings. The van der Waals surface area contributed by atoms with Gasteiger partial charge in [0.2, 0.25) is 0 Å². The van der Waals surface area contributed by atoms with Crippen molar-refractivity contribution in [1.29, 1.82) is 0 Å². The zero-order chi connectivity index (χ0) is 23.8. The van der Waals surface area contributed by atoms with Gasteiger partial charge in [0, 0.05) is 12.1 Å². The first-order chi connectivity index (χ1) is 15.8. The fourth-order valence-corrected chi connectivity index (χ4v) is 2.86. The minimum atomic E-state index is -0.657. The Hall–Kier alpha value is -4.53. The molecule has 168 valence electrons. The van der Waals surface area contributed by atoms with Crippen molar-refractivity contribution >= 4 is 23.8 Å². The van der Waals surface area contributed by atoms with Crippen LogP contribution in [0.2, 0.25) is 0 Å². The van der Waals surface area contributed by atoms with Gasteiger partial charge in [0.25, 0.3) is 11.6 Å². The van der Waals surface area contributed by atoms with Crippen LogP contribution < -0.4 is 14.9 Å². The average molecular weight is 447 g/mol. The molecule has 9 heteroatoms. The lowest BCUT2D eigenvalue weighted by Gasteiger charge is -2.08. The number of benzene rings is 3. The number of rotatable bonds is 8. The summed E-state index contributed by atoms with van der Waals surface area (Å²) >= 11 is 0. The van der Waals surface area contributed by atoms with Gasteiger partial charge in [-0.25, -0.2) is 10.2 Å². The molecular weight excluding hydrogens is 426 g/mol. The highest BCUT2D eigenvalue weighted by atomic mass is 16.6. The first-order valence-corrected chi connectivity index (χ1v) is 9.90. The maximum absolute atomic E-state index is 12.2. The van der Waals surface area contributed by atoms with Crippen molar-refractivity contribution in [3.63, 3.8) is 0 Å². The number of hydrazone groups is 1. The smallest absolute Gasteiger partial charge is 0.343 e. The van der Waals surface area contributed by atoms with Crippen LogP contribution in [-0.4, -0.2) is 29.6 Å². The molecule has 0 aromatic heterocycles. The monoisotopic (exact) mass is 447 g/mol. The van der Waals surface area contributed by atoms with Gasteiger partial charge in [-0.05, 0) is 55.3 Å². The van der Waals surface area contributed by atoms with E-state index in [9.17, 15) is 19.7 Å². The van der Waals surface area contributed by atoms with Gasteiger partial charge in [0.1, 0.15) is 11.5 Å². The molecule has 0 aliphatic heterocycles. The van der Waals surface area contributed by atoms with E-state index in [1.807, 2.05) is 32.0 Å². The number of amides is 1. The lowest BCUT2D eigenvalue weighted by atomic mass is 10.1. The standard InChI is InChI=1S/C24H21N3O6/c1-16-6-11-22(17(2)12-16)32-15-23(28)26-25-14-18-4-3-5-21(13-18)33-24(29)19-7-9-20(10-8-19)27(30)31/h3-14H,15H2,1-2H3,(H,26,28). The lowest BCUT2D eigenvalue weighted by Crippen LogP contribution is -2.24. The van der Waals surface area contributed by atoms with Crippen molar-refractivity contribution in [2.75, 3.05) is 6.61 Å². The Labute approximate surface area is 189 Å². The van der Waals surface area contributed by atoms with Crippen LogP contribution in [0.4, 0.5) is 5.69 Å². The molecule has 3 aromatic carbocycles. The Morgan fingerprint density at radius 2 is 1.82 bits per heavy atom. The lowest BCUT2D eigenvalue weighted by molar-refractivity contribution is -0.384. The largest absolute Gasteiger partial charge is 0.483 e. The molecule has 3 rings (SSSR count). The summed E-state index contributed by atoms with van der Waals surface area (Å²) < 4.78 is 10.8. The van der Waals surface area contributed by atoms with E-state index in [-0.39, 0.29) is 23.6 Å². The Bertz CT molecular complexity index is 1210. The van der Waals surface area contributed by atoms with Crippen LogP contribution in [0.5, 0.6) is 11.5 Å². The van der Waals surface area contributed by atoms with E-state index < -0.39 is 16.8 Å². The molecule has 0 unspecified atom stereocenters. The van der Waals surface area contributed by atoms with E-state index in [4.69, 9.17) is 9.47 Å². The third-order valence-electron chi connectivity index (χ3n) is 4.47. The second kappa shape index (κ2) is 10.7. The van der Waals surface area contributed by atoms with Crippen LogP contribution >= 0.6 is 0 Å². The molecule has 0 atom stereocenters. The molecule has 0 spiro atoms. The van der Waals surface area contributed by atoms with Gasteiger partial charge in [0.15, 0.2) is 6.61 Å². The minimum Gasteiger partial charge on any atom is -0.483 e. The number of ether oxygens (including phenoxy) is 2. The Morgan fingerprint density at radius 3 is 2.52 bits per heavy atom. The number of nitrogens with zero attached hydrogens (tertiary/aromatic N) is 2. The zero-order valence-electron chi connectivity index (χ0n) is 18.0. The third kappa shape index (κ3) is 6.73. The van der Waals surface area contributed by atoms with Crippen LogP contribution in [0.1, 0.15) is 27.0 Å². The van der Waals surface area contributed by atoms with Crippen molar-refractivity contribution in [2.24, 2.45) is 5.10 Å². The van der Waals surface area contributed by atoms with Crippen LogP contribution in [0, 0.1) is 24.0 Å². The molecule has 0 saturated carbocycles. The molecule has 1 N–H and O–H groups in total.